The van der Waals surface area contributed by atoms with E-state index in [-0.39, 0.29) is 5.57 Å². The van der Waals surface area contributed by atoms with E-state index < -0.39 is 5.97 Å². The van der Waals surface area contributed by atoms with E-state index in [0.717, 1.165) is 24.3 Å². The van der Waals surface area contributed by atoms with Crippen molar-refractivity contribution < 1.29 is 14.3 Å². The van der Waals surface area contributed by atoms with Crippen molar-refractivity contribution in [2.45, 2.75) is 12.8 Å². The summed E-state index contributed by atoms with van der Waals surface area (Å²) in [7, 11) is 1.23. The predicted octanol–water partition coefficient (Wildman–Crippen LogP) is 3.69. The van der Waals surface area contributed by atoms with Gasteiger partial charge in [0.2, 0.25) is 0 Å². The summed E-state index contributed by atoms with van der Waals surface area (Å²) in [5.74, 6) is 0.101. The molecule has 0 bridgehead atoms. The normalized spacial score (nSPS) is 10.6. The van der Waals surface area contributed by atoms with Gasteiger partial charge in [0, 0.05) is 11.9 Å². The number of rotatable bonds is 8. The SMILES string of the molecule is COC(=O)/C(C#N)=C\Nc1ccc(OCCCc2ccccc2)cc1. The van der Waals surface area contributed by atoms with E-state index in [1.54, 1.807) is 6.07 Å². The van der Waals surface area contributed by atoms with Crippen LogP contribution < -0.4 is 10.1 Å². The summed E-state index contributed by atoms with van der Waals surface area (Å²) in [6.45, 7) is 0.641. The van der Waals surface area contributed by atoms with Crippen molar-refractivity contribution in [3.63, 3.8) is 0 Å². The fourth-order valence-corrected chi connectivity index (χ4v) is 2.16. The first-order valence-corrected chi connectivity index (χ1v) is 7.95. The van der Waals surface area contributed by atoms with Crippen LogP contribution in [0.15, 0.2) is 66.4 Å². The number of aryl methyl sites for hydroxylation is 1. The maximum Gasteiger partial charge on any atom is 0.350 e. The molecule has 0 fully saturated rings. The van der Waals surface area contributed by atoms with Crippen molar-refractivity contribution in [3.8, 4) is 11.8 Å². The second-order valence-electron chi connectivity index (χ2n) is 5.27. The Balaban J connectivity index is 1.79. The average Bonchev–Trinajstić information content (AvgIpc) is 2.67. The summed E-state index contributed by atoms with van der Waals surface area (Å²) in [6, 6.07) is 19.4. The number of anilines is 1. The van der Waals surface area contributed by atoms with Crippen LogP contribution in [-0.4, -0.2) is 19.7 Å². The lowest BCUT2D eigenvalue weighted by molar-refractivity contribution is -0.135. The van der Waals surface area contributed by atoms with E-state index in [4.69, 9.17) is 10.00 Å². The molecule has 0 amide bonds. The number of carbonyl (C=O) groups excluding carboxylic acids is 1. The highest BCUT2D eigenvalue weighted by atomic mass is 16.5. The number of ether oxygens (including phenoxy) is 2. The fraction of sp³-hybridized carbons (Fsp3) is 0.200. The lowest BCUT2D eigenvalue weighted by atomic mass is 10.1. The first-order chi connectivity index (χ1) is 12.2. The van der Waals surface area contributed by atoms with Gasteiger partial charge in [-0.25, -0.2) is 4.79 Å². The molecule has 0 aliphatic rings. The highest BCUT2D eigenvalue weighted by Crippen LogP contribution is 2.16. The molecule has 0 spiro atoms. The largest absolute Gasteiger partial charge is 0.494 e. The Morgan fingerprint density at radius 3 is 2.52 bits per heavy atom. The molecule has 25 heavy (non-hydrogen) atoms. The number of nitrogens with zero attached hydrogens (tertiary/aromatic N) is 1. The van der Waals surface area contributed by atoms with Gasteiger partial charge in [0.1, 0.15) is 11.8 Å². The highest BCUT2D eigenvalue weighted by Gasteiger charge is 2.07. The van der Waals surface area contributed by atoms with Crippen LogP contribution in [0.4, 0.5) is 5.69 Å². The number of nitrogens with one attached hydrogen (secondary N) is 1. The molecule has 0 saturated carbocycles. The molecule has 0 aliphatic heterocycles. The standard InChI is InChI=1S/C20H20N2O3/c1-24-20(23)17(14-21)15-22-18-9-11-19(12-10-18)25-13-5-8-16-6-3-2-4-7-16/h2-4,6-7,9-12,15,22H,5,8,13H2,1H3/b17-15-. The van der Waals surface area contributed by atoms with Gasteiger partial charge in [-0.1, -0.05) is 30.3 Å². The Bertz CT molecular complexity index is 747. The Labute approximate surface area is 147 Å². The molecule has 0 aliphatic carbocycles. The lowest BCUT2D eigenvalue weighted by Crippen LogP contribution is -2.05. The number of benzene rings is 2. The van der Waals surface area contributed by atoms with E-state index in [9.17, 15) is 4.79 Å². The minimum Gasteiger partial charge on any atom is -0.494 e. The third-order valence-electron chi connectivity index (χ3n) is 3.48. The van der Waals surface area contributed by atoms with E-state index in [0.29, 0.717) is 6.61 Å². The maximum atomic E-state index is 11.3. The number of hydrogen-bond donors (Lipinski definition) is 1. The molecule has 0 atom stereocenters. The molecule has 2 rings (SSSR count). The maximum absolute atomic E-state index is 11.3. The zero-order valence-corrected chi connectivity index (χ0v) is 14.1. The predicted molar refractivity (Wildman–Crippen MR) is 96.0 cm³/mol. The zero-order chi connectivity index (χ0) is 17.9. The third-order valence-corrected chi connectivity index (χ3v) is 3.48. The zero-order valence-electron chi connectivity index (χ0n) is 14.1. The number of carbonyl (C=O) groups is 1. The van der Waals surface area contributed by atoms with E-state index >= 15 is 0 Å². The van der Waals surface area contributed by atoms with Crippen LogP contribution in [-0.2, 0) is 16.0 Å². The van der Waals surface area contributed by atoms with Gasteiger partial charge in [0.25, 0.3) is 0 Å². The molecule has 5 nitrogen and oxygen atoms in total. The minimum absolute atomic E-state index is 0.0938. The molecule has 0 saturated heterocycles. The molecule has 1 N–H and O–H groups in total. The first kappa shape index (κ1) is 18.1. The lowest BCUT2D eigenvalue weighted by Gasteiger charge is -2.07. The van der Waals surface area contributed by atoms with Crippen LogP contribution in [0.25, 0.3) is 0 Å². The van der Waals surface area contributed by atoms with Crippen LogP contribution >= 0.6 is 0 Å². The molecule has 0 radical (unpaired) electrons. The molecule has 2 aromatic rings. The van der Waals surface area contributed by atoms with Gasteiger partial charge in [-0.3, -0.25) is 0 Å². The molecule has 0 unspecified atom stereocenters. The number of methoxy groups -OCH3 is 1. The van der Waals surface area contributed by atoms with E-state index in [2.05, 4.69) is 22.2 Å². The van der Waals surface area contributed by atoms with Gasteiger partial charge in [0.05, 0.1) is 13.7 Å². The second-order valence-corrected chi connectivity index (χ2v) is 5.27. The van der Waals surface area contributed by atoms with Gasteiger partial charge in [0.15, 0.2) is 5.57 Å². The molecule has 0 heterocycles. The van der Waals surface area contributed by atoms with Crippen molar-refractivity contribution >= 4 is 11.7 Å². The summed E-state index contributed by atoms with van der Waals surface area (Å²) in [4.78, 5) is 11.3. The molecular formula is C20H20N2O3. The van der Waals surface area contributed by atoms with Gasteiger partial charge in [-0.05, 0) is 42.7 Å². The van der Waals surface area contributed by atoms with Crippen LogP contribution in [0.2, 0.25) is 0 Å². The van der Waals surface area contributed by atoms with Gasteiger partial charge >= 0.3 is 5.97 Å². The molecule has 5 heteroatoms. The van der Waals surface area contributed by atoms with Crippen molar-refractivity contribution in [2.75, 3.05) is 19.0 Å². The quantitative estimate of drug-likeness (QED) is 0.344. The number of nitriles is 1. The Kier molecular flexibility index (Phi) is 7.08. The van der Waals surface area contributed by atoms with Crippen molar-refractivity contribution in [1.82, 2.24) is 0 Å². The summed E-state index contributed by atoms with van der Waals surface area (Å²) in [6.07, 6.45) is 3.24. The second kappa shape index (κ2) is 9.78. The number of esters is 1. The van der Waals surface area contributed by atoms with E-state index in [1.807, 2.05) is 42.5 Å². The van der Waals surface area contributed by atoms with Crippen LogP contribution in [0.1, 0.15) is 12.0 Å². The number of hydrogen-bond acceptors (Lipinski definition) is 5. The monoisotopic (exact) mass is 336 g/mol. The van der Waals surface area contributed by atoms with Crippen LogP contribution in [0.3, 0.4) is 0 Å². The smallest absolute Gasteiger partial charge is 0.350 e. The molecule has 0 aromatic heterocycles. The van der Waals surface area contributed by atoms with Gasteiger partial charge < -0.3 is 14.8 Å². The fourth-order valence-electron chi connectivity index (χ4n) is 2.16. The third kappa shape index (κ3) is 6.04. The van der Waals surface area contributed by atoms with Crippen molar-refractivity contribution in [2.24, 2.45) is 0 Å². The van der Waals surface area contributed by atoms with Crippen LogP contribution in [0, 0.1) is 11.3 Å². The van der Waals surface area contributed by atoms with E-state index in [1.165, 1.54) is 18.9 Å². The minimum atomic E-state index is -0.673. The van der Waals surface area contributed by atoms with Crippen molar-refractivity contribution in [1.29, 1.82) is 5.26 Å². The Morgan fingerprint density at radius 1 is 1.16 bits per heavy atom. The molecule has 128 valence electrons. The summed E-state index contributed by atoms with van der Waals surface area (Å²) in [5.41, 5.74) is 1.95. The van der Waals surface area contributed by atoms with Crippen LogP contribution in [0.5, 0.6) is 5.75 Å². The van der Waals surface area contributed by atoms with Gasteiger partial charge in [-0.15, -0.1) is 0 Å². The van der Waals surface area contributed by atoms with Gasteiger partial charge in [-0.2, -0.15) is 5.26 Å². The summed E-state index contributed by atoms with van der Waals surface area (Å²) >= 11 is 0. The summed E-state index contributed by atoms with van der Waals surface area (Å²) < 4.78 is 10.2. The summed E-state index contributed by atoms with van der Waals surface area (Å²) in [5, 5.41) is 11.8. The molecule has 2 aromatic carbocycles. The first-order valence-electron chi connectivity index (χ1n) is 7.95. The van der Waals surface area contributed by atoms with Crippen molar-refractivity contribution in [3.05, 3.63) is 71.9 Å². The Hall–Kier alpha value is -3.26. The average molecular weight is 336 g/mol. The topological polar surface area (TPSA) is 71.4 Å². The highest BCUT2D eigenvalue weighted by molar-refractivity contribution is 5.93. The Morgan fingerprint density at radius 2 is 1.88 bits per heavy atom. The molecular weight excluding hydrogens is 316 g/mol.